The molecule has 0 fully saturated rings. The summed E-state index contributed by atoms with van der Waals surface area (Å²) in [5.41, 5.74) is 0.189. The van der Waals surface area contributed by atoms with Crippen LogP contribution in [-0.4, -0.2) is 0 Å². The molecular formula is C8H15N. The van der Waals surface area contributed by atoms with Gasteiger partial charge in [0.15, 0.2) is 0 Å². The van der Waals surface area contributed by atoms with Gasteiger partial charge in [-0.25, -0.2) is 0 Å². The molecule has 0 aromatic carbocycles. The predicted octanol–water partition coefficient (Wildman–Crippen LogP) is 2.58. The lowest BCUT2D eigenvalue weighted by Gasteiger charge is -2.25. The highest BCUT2D eigenvalue weighted by molar-refractivity contribution is 4.83. The van der Waals surface area contributed by atoms with E-state index in [1.807, 2.05) is 0 Å². The van der Waals surface area contributed by atoms with Gasteiger partial charge >= 0.3 is 0 Å². The van der Waals surface area contributed by atoms with Crippen molar-refractivity contribution in [2.45, 2.75) is 34.1 Å². The summed E-state index contributed by atoms with van der Waals surface area (Å²) in [7, 11) is 0. The third-order valence-corrected chi connectivity index (χ3v) is 2.10. The van der Waals surface area contributed by atoms with Crippen molar-refractivity contribution in [1.29, 1.82) is 5.26 Å². The molecule has 0 saturated heterocycles. The first-order valence-corrected chi connectivity index (χ1v) is 3.37. The first-order chi connectivity index (χ1) is 4.00. The van der Waals surface area contributed by atoms with Gasteiger partial charge in [0.2, 0.25) is 0 Å². The van der Waals surface area contributed by atoms with Crippen LogP contribution in [-0.2, 0) is 0 Å². The molecule has 0 aliphatic heterocycles. The standard InChI is InChI=1S/C8H15N/c1-7(2)8(3,4)5-6-9/h7H,5H2,1-4H3. The minimum Gasteiger partial charge on any atom is -0.198 e. The molecule has 0 spiro atoms. The molecule has 0 atom stereocenters. The van der Waals surface area contributed by atoms with Crippen LogP contribution >= 0.6 is 0 Å². The second kappa shape index (κ2) is 2.87. The Labute approximate surface area is 57.7 Å². The fraction of sp³-hybridized carbons (Fsp3) is 0.875. The molecule has 0 bridgehead atoms. The summed E-state index contributed by atoms with van der Waals surface area (Å²) in [6.07, 6.45) is 0.657. The zero-order valence-electron chi connectivity index (χ0n) is 6.73. The van der Waals surface area contributed by atoms with E-state index in [9.17, 15) is 0 Å². The maximum Gasteiger partial charge on any atom is 0.0627 e. The quantitative estimate of drug-likeness (QED) is 0.556. The Balaban J connectivity index is 3.89. The molecule has 0 N–H and O–H groups in total. The van der Waals surface area contributed by atoms with Crippen LogP contribution in [0.15, 0.2) is 0 Å². The van der Waals surface area contributed by atoms with E-state index in [-0.39, 0.29) is 5.41 Å². The molecule has 9 heavy (non-hydrogen) atoms. The zero-order chi connectivity index (χ0) is 7.49. The molecule has 1 heteroatoms. The van der Waals surface area contributed by atoms with Crippen molar-refractivity contribution in [2.75, 3.05) is 0 Å². The van der Waals surface area contributed by atoms with E-state index in [0.717, 1.165) is 0 Å². The average molecular weight is 125 g/mol. The van der Waals surface area contributed by atoms with Gasteiger partial charge in [-0.15, -0.1) is 0 Å². The monoisotopic (exact) mass is 125 g/mol. The van der Waals surface area contributed by atoms with E-state index in [4.69, 9.17) is 5.26 Å². The summed E-state index contributed by atoms with van der Waals surface area (Å²) in [6.45, 7) is 8.55. The Morgan fingerprint density at radius 2 is 1.89 bits per heavy atom. The summed E-state index contributed by atoms with van der Waals surface area (Å²) >= 11 is 0. The number of hydrogen-bond donors (Lipinski definition) is 0. The normalized spacial score (nSPS) is 11.6. The number of nitrogens with zero attached hydrogens (tertiary/aromatic N) is 1. The third kappa shape index (κ3) is 2.51. The van der Waals surface area contributed by atoms with Crippen molar-refractivity contribution in [3.63, 3.8) is 0 Å². The minimum atomic E-state index is 0.189. The minimum absolute atomic E-state index is 0.189. The van der Waals surface area contributed by atoms with Gasteiger partial charge in [0.25, 0.3) is 0 Å². The smallest absolute Gasteiger partial charge is 0.0627 e. The molecule has 0 rings (SSSR count). The maximum atomic E-state index is 8.40. The molecule has 0 heterocycles. The van der Waals surface area contributed by atoms with Crippen LogP contribution in [0.2, 0.25) is 0 Å². The molecule has 1 nitrogen and oxygen atoms in total. The van der Waals surface area contributed by atoms with Crippen LogP contribution in [0.1, 0.15) is 34.1 Å². The van der Waals surface area contributed by atoms with Crippen LogP contribution in [0.25, 0.3) is 0 Å². The molecule has 0 aliphatic carbocycles. The molecule has 52 valence electrons. The lowest BCUT2D eigenvalue weighted by molar-refractivity contribution is 0.256. The van der Waals surface area contributed by atoms with E-state index in [1.54, 1.807) is 0 Å². The SMILES string of the molecule is CC(C)C(C)(C)CC#N. The first kappa shape index (κ1) is 8.49. The highest BCUT2D eigenvalue weighted by Gasteiger charge is 2.21. The van der Waals surface area contributed by atoms with E-state index in [0.29, 0.717) is 12.3 Å². The summed E-state index contributed by atoms with van der Waals surface area (Å²) in [5.74, 6) is 0.595. The van der Waals surface area contributed by atoms with Crippen molar-refractivity contribution >= 4 is 0 Å². The van der Waals surface area contributed by atoms with E-state index < -0.39 is 0 Å². The molecule has 0 radical (unpaired) electrons. The van der Waals surface area contributed by atoms with Crippen LogP contribution in [0, 0.1) is 22.7 Å². The third-order valence-electron chi connectivity index (χ3n) is 2.10. The van der Waals surface area contributed by atoms with E-state index in [2.05, 4.69) is 33.8 Å². The van der Waals surface area contributed by atoms with Gasteiger partial charge in [-0.05, 0) is 11.3 Å². The number of nitriles is 1. The molecule has 0 aliphatic rings. The van der Waals surface area contributed by atoms with Crippen LogP contribution in [0.3, 0.4) is 0 Å². The lowest BCUT2D eigenvalue weighted by atomic mass is 9.79. The number of hydrogen-bond acceptors (Lipinski definition) is 1. The van der Waals surface area contributed by atoms with Gasteiger partial charge in [0.1, 0.15) is 0 Å². The van der Waals surface area contributed by atoms with Gasteiger partial charge < -0.3 is 0 Å². The Kier molecular flexibility index (Phi) is 2.70. The van der Waals surface area contributed by atoms with Crippen molar-refractivity contribution in [3.8, 4) is 6.07 Å². The second-order valence-electron chi connectivity index (χ2n) is 3.48. The fourth-order valence-electron chi connectivity index (χ4n) is 0.408. The van der Waals surface area contributed by atoms with Crippen molar-refractivity contribution < 1.29 is 0 Å². The van der Waals surface area contributed by atoms with Gasteiger partial charge in [-0.1, -0.05) is 27.7 Å². The van der Waals surface area contributed by atoms with Crippen LogP contribution in [0.4, 0.5) is 0 Å². The summed E-state index contributed by atoms with van der Waals surface area (Å²) in [5, 5.41) is 8.40. The Hall–Kier alpha value is -0.510. The number of rotatable bonds is 2. The Bertz CT molecular complexity index is 117. The predicted molar refractivity (Wildman–Crippen MR) is 38.8 cm³/mol. The lowest BCUT2D eigenvalue weighted by Crippen LogP contribution is -2.17. The second-order valence-corrected chi connectivity index (χ2v) is 3.48. The van der Waals surface area contributed by atoms with Crippen molar-refractivity contribution in [2.24, 2.45) is 11.3 Å². The average Bonchev–Trinajstić information content (AvgIpc) is 1.65. The van der Waals surface area contributed by atoms with Crippen LogP contribution < -0.4 is 0 Å². The fourth-order valence-corrected chi connectivity index (χ4v) is 0.408. The molecule has 0 amide bonds. The first-order valence-electron chi connectivity index (χ1n) is 3.37. The highest BCUT2D eigenvalue weighted by Crippen LogP contribution is 2.28. The van der Waals surface area contributed by atoms with Gasteiger partial charge in [0.05, 0.1) is 6.07 Å². The Morgan fingerprint density at radius 3 is 2.00 bits per heavy atom. The maximum absolute atomic E-state index is 8.40. The molecular weight excluding hydrogens is 110 g/mol. The van der Waals surface area contributed by atoms with Crippen molar-refractivity contribution in [3.05, 3.63) is 0 Å². The summed E-state index contributed by atoms with van der Waals surface area (Å²) < 4.78 is 0. The van der Waals surface area contributed by atoms with Crippen LogP contribution in [0.5, 0.6) is 0 Å². The van der Waals surface area contributed by atoms with E-state index >= 15 is 0 Å². The summed E-state index contributed by atoms with van der Waals surface area (Å²) in [6, 6.07) is 2.19. The summed E-state index contributed by atoms with van der Waals surface area (Å²) in [4.78, 5) is 0. The molecule has 0 unspecified atom stereocenters. The van der Waals surface area contributed by atoms with Gasteiger partial charge in [-0.3, -0.25) is 0 Å². The zero-order valence-corrected chi connectivity index (χ0v) is 6.73. The Morgan fingerprint density at radius 1 is 1.44 bits per heavy atom. The van der Waals surface area contributed by atoms with Crippen molar-refractivity contribution in [1.82, 2.24) is 0 Å². The topological polar surface area (TPSA) is 23.8 Å². The largest absolute Gasteiger partial charge is 0.198 e. The van der Waals surface area contributed by atoms with Gasteiger partial charge in [-0.2, -0.15) is 5.26 Å². The van der Waals surface area contributed by atoms with E-state index in [1.165, 1.54) is 0 Å². The molecule has 0 aromatic heterocycles. The molecule has 0 saturated carbocycles. The highest BCUT2D eigenvalue weighted by atomic mass is 14.3. The van der Waals surface area contributed by atoms with Gasteiger partial charge in [0, 0.05) is 6.42 Å². The molecule has 0 aromatic rings.